The Morgan fingerprint density at radius 3 is 2.95 bits per heavy atom. The topological polar surface area (TPSA) is 47.3 Å². The third-order valence-corrected chi connectivity index (χ3v) is 2.69. The van der Waals surface area contributed by atoms with Crippen LogP contribution in [-0.4, -0.2) is 18.6 Å². The molecule has 2 rings (SSSR count). The van der Waals surface area contributed by atoms with Crippen molar-refractivity contribution in [2.24, 2.45) is 0 Å². The summed E-state index contributed by atoms with van der Waals surface area (Å²) < 4.78 is 24.1. The molecule has 0 bridgehead atoms. The lowest BCUT2D eigenvalue weighted by Gasteiger charge is -2.02. The number of methoxy groups -OCH3 is 1. The molecule has 0 aliphatic carbocycles. The molecule has 0 saturated carbocycles. The lowest BCUT2D eigenvalue weighted by Crippen LogP contribution is -2.13. The summed E-state index contributed by atoms with van der Waals surface area (Å²) in [4.78, 5) is 4.26. The fraction of sp³-hybridized carbons (Fsp3) is 0.357. The molecule has 2 aromatic rings. The highest BCUT2D eigenvalue weighted by Crippen LogP contribution is 2.25. The van der Waals surface area contributed by atoms with Crippen LogP contribution in [-0.2, 0) is 6.54 Å². The van der Waals surface area contributed by atoms with Gasteiger partial charge in [0, 0.05) is 12.6 Å². The number of ether oxygens (including phenoxy) is 1. The molecule has 1 aromatic heterocycles. The molecular formula is C14H17FN2O2. The summed E-state index contributed by atoms with van der Waals surface area (Å²) in [7, 11) is 1.50. The van der Waals surface area contributed by atoms with Gasteiger partial charge in [0.05, 0.1) is 18.4 Å². The molecule has 0 aliphatic rings. The second kappa shape index (κ2) is 6.33. The van der Waals surface area contributed by atoms with E-state index in [1.165, 1.54) is 13.2 Å². The molecule has 0 atom stereocenters. The van der Waals surface area contributed by atoms with Gasteiger partial charge in [-0.05, 0) is 25.1 Å². The molecule has 1 N–H and O–H groups in total. The Morgan fingerprint density at radius 1 is 1.42 bits per heavy atom. The number of halogens is 1. The van der Waals surface area contributed by atoms with E-state index < -0.39 is 5.82 Å². The number of benzene rings is 1. The number of nitrogens with one attached hydrogen (secondary N) is 1. The van der Waals surface area contributed by atoms with Crippen molar-refractivity contribution in [1.82, 2.24) is 10.3 Å². The Balaban J connectivity index is 2.13. The molecule has 0 saturated heterocycles. The molecule has 0 spiro atoms. The van der Waals surface area contributed by atoms with Gasteiger partial charge < -0.3 is 14.5 Å². The van der Waals surface area contributed by atoms with Gasteiger partial charge in [-0.2, -0.15) is 0 Å². The molecule has 0 radical (unpaired) electrons. The zero-order chi connectivity index (χ0) is 13.7. The van der Waals surface area contributed by atoms with Crippen molar-refractivity contribution in [2.45, 2.75) is 19.9 Å². The van der Waals surface area contributed by atoms with E-state index in [1.807, 2.05) is 0 Å². The number of hydrogen-bond acceptors (Lipinski definition) is 4. The van der Waals surface area contributed by atoms with Crippen LogP contribution in [0.25, 0.3) is 11.5 Å². The van der Waals surface area contributed by atoms with E-state index >= 15 is 0 Å². The molecular weight excluding hydrogens is 247 g/mol. The van der Waals surface area contributed by atoms with Gasteiger partial charge in [0.1, 0.15) is 17.8 Å². The Morgan fingerprint density at radius 2 is 2.26 bits per heavy atom. The molecule has 0 fully saturated rings. The largest absolute Gasteiger partial charge is 0.497 e. The number of nitrogens with zero attached hydrogens (tertiary/aromatic N) is 1. The summed E-state index contributed by atoms with van der Waals surface area (Å²) in [6.45, 7) is 3.63. The third kappa shape index (κ3) is 3.32. The van der Waals surface area contributed by atoms with Crippen LogP contribution in [0.15, 0.2) is 28.9 Å². The van der Waals surface area contributed by atoms with Crippen LogP contribution >= 0.6 is 0 Å². The number of aromatic nitrogens is 1. The lowest BCUT2D eigenvalue weighted by molar-refractivity contribution is 0.411. The molecule has 19 heavy (non-hydrogen) atoms. The van der Waals surface area contributed by atoms with Crippen molar-refractivity contribution in [3.8, 4) is 17.2 Å². The minimum atomic E-state index is -0.408. The van der Waals surface area contributed by atoms with Gasteiger partial charge in [-0.1, -0.05) is 6.92 Å². The van der Waals surface area contributed by atoms with E-state index in [0.717, 1.165) is 18.7 Å². The van der Waals surface area contributed by atoms with Crippen molar-refractivity contribution in [1.29, 1.82) is 0 Å². The maximum atomic E-state index is 13.8. The average Bonchev–Trinajstić information content (AvgIpc) is 2.87. The Labute approximate surface area is 111 Å². The fourth-order valence-corrected chi connectivity index (χ4v) is 1.70. The lowest BCUT2D eigenvalue weighted by atomic mass is 10.2. The van der Waals surface area contributed by atoms with Crippen molar-refractivity contribution in [3.05, 3.63) is 36.0 Å². The van der Waals surface area contributed by atoms with Gasteiger partial charge in [-0.15, -0.1) is 0 Å². The highest BCUT2D eigenvalue weighted by atomic mass is 19.1. The predicted octanol–water partition coefficient (Wildman–Crippen LogP) is 2.99. The minimum absolute atomic E-state index is 0.286. The second-order valence-corrected chi connectivity index (χ2v) is 4.17. The first kappa shape index (κ1) is 13.5. The smallest absolute Gasteiger partial charge is 0.229 e. The maximum absolute atomic E-state index is 13.8. The summed E-state index contributed by atoms with van der Waals surface area (Å²) in [6, 6.07) is 4.59. The van der Waals surface area contributed by atoms with Gasteiger partial charge in [0.15, 0.2) is 0 Å². The highest BCUT2D eigenvalue weighted by Gasteiger charge is 2.12. The standard InChI is InChI=1S/C14H17FN2O2/c1-3-6-16-8-10-9-19-14(17-10)12-5-4-11(18-2)7-13(12)15/h4-5,7,9,16H,3,6,8H2,1-2H3. The van der Waals surface area contributed by atoms with E-state index in [1.54, 1.807) is 18.4 Å². The molecule has 0 aliphatic heterocycles. The van der Waals surface area contributed by atoms with Crippen LogP contribution in [0.5, 0.6) is 5.75 Å². The Bertz CT molecular complexity index is 540. The Kier molecular flexibility index (Phi) is 4.52. The summed E-state index contributed by atoms with van der Waals surface area (Å²) in [5.41, 5.74) is 1.10. The van der Waals surface area contributed by atoms with Crippen LogP contribution in [0.4, 0.5) is 4.39 Å². The summed E-state index contributed by atoms with van der Waals surface area (Å²) >= 11 is 0. The predicted molar refractivity (Wildman–Crippen MR) is 70.4 cm³/mol. The fourth-order valence-electron chi connectivity index (χ4n) is 1.70. The van der Waals surface area contributed by atoms with Crippen LogP contribution in [0, 0.1) is 5.82 Å². The molecule has 1 heterocycles. The van der Waals surface area contributed by atoms with Gasteiger partial charge >= 0.3 is 0 Å². The quantitative estimate of drug-likeness (QED) is 0.815. The van der Waals surface area contributed by atoms with Gasteiger partial charge in [-0.25, -0.2) is 9.37 Å². The first-order valence-corrected chi connectivity index (χ1v) is 6.23. The van der Waals surface area contributed by atoms with Gasteiger partial charge in [-0.3, -0.25) is 0 Å². The number of oxazole rings is 1. The normalized spacial score (nSPS) is 10.7. The number of hydrogen-bond donors (Lipinski definition) is 1. The van der Waals surface area contributed by atoms with Crippen LogP contribution in [0.3, 0.4) is 0 Å². The zero-order valence-electron chi connectivity index (χ0n) is 11.1. The SMILES string of the molecule is CCCNCc1coc(-c2ccc(OC)cc2F)n1. The maximum Gasteiger partial charge on any atom is 0.229 e. The molecule has 102 valence electrons. The van der Waals surface area contributed by atoms with E-state index in [-0.39, 0.29) is 5.89 Å². The van der Waals surface area contributed by atoms with Crippen LogP contribution in [0.1, 0.15) is 19.0 Å². The van der Waals surface area contributed by atoms with E-state index in [9.17, 15) is 4.39 Å². The van der Waals surface area contributed by atoms with E-state index in [0.29, 0.717) is 17.9 Å². The molecule has 0 amide bonds. The summed E-state index contributed by atoms with van der Waals surface area (Å²) in [6.07, 6.45) is 2.60. The van der Waals surface area contributed by atoms with Crippen LogP contribution < -0.4 is 10.1 Å². The molecule has 4 nitrogen and oxygen atoms in total. The zero-order valence-corrected chi connectivity index (χ0v) is 11.1. The van der Waals surface area contributed by atoms with E-state index in [2.05, 4.69) is 17.2 Å². The highest BCUT2D eigenvalue weighted by molar-refractivity contribution is 5.55. The van der Waals surface area contributed by atoms with Crippen molar-refractivity contribution in [3.63, 3.8) is 0 Å². The van der Waals surface area contributed by atoms with E-state index in [4.69, 9.17) is 9.15 Å². The first-order valence-electron chi connectivity index (χ1n) is 6.23. The molecule has 0 unspecified atom stereocenters. The van der Waals surface area contributed by atoms with Gasteiger partial charge in [0.25, 0.3) is 0 Å². The van der Waals surface area contributed by atoms with Crippen molar-refractivity contribution >= 4 is 0 Å². The second-order valence-electron chi connectivity index (χ2n) is 4.17. The number of rotatable bonds is 6. The average molecular weight is 264 g/mol. The monoisotopic (exact) mass is 264 g/mol. The summed E-state index contributed by atoms with van der Waals surface area (Å²) in [5, 5.41) is 3.21. The molecule has 5 heteroatoms. The van der Waals surface area contributed by atoms with Crippen molar-refractivity contribution < 1.29 is 13.5 Å². The van der Waals surface area contributed by atoms with Crippen LogP contribution in [0.2, 0.25) is 0 Å². The van der Waals surface area contributed by atoms with Crippen molar-refractivity contribution in [2.75, 3.05) is 13.7 Å². The van der Waals surface area contributed by atoms with Gasteiger partial charge in [0.2, 0.25) is 5.89 Å². The summed E-state index contributed by atoms with van der Waals surface area (Å²) in [5.74, 6) is 0.348. The Hall–Kier alpha value is -1.88. The third-order valence-electron chi connectivity index (χ3n) is 2.69. The minimum Gasteiger partial charge on any atom is -0.497 e. The first-order chi connectivity index (χ1) is 9.24. The molecule has 1 aromatic carbocycles.